The minimum Gasteiger partial charge on any atom is -0.482 e. The van der Waals surface area contributed by atoms with Crippen molar-refractivity contribution >= 4 is 17.7 Å². The van der Waals surface area contributed by atoms with Gasteiger partial charge in [0.2, 0.25) is 0 Å². The van der Waals surface area contributed by atoms with Gasteiger partial charge in [0, 0.05) is 25.9 Å². The van der Waals surface area contributed by atoms with E-state index >= 15 is 0 Å². The van der Waals surface area contributed by atoms with Crippen LogP contribution in [0.5, 0.6) is 5.75 Å². The number of amides is 2. The molecule has 0 aliphatic carbocycles. The van der Waals surface area contributed by atoms with Crippen LogP contribution in [-0.2, 0) is 4.79 Å². The van der Waals surface area contributed by atoms with Crippen LogP contribution in [0.3, 0.4) is 0 Å². The number of H-pyrrole nitrogens is 1. The normalized spacial score (nSPS) is 10.1. The number of aromatic nitrogens is 2. The van der Waals surface area contributed by atoms with Gasteiger partial charge in [0.1, 0.15) is 5.75 Å². The lowest BCUT2D eigenvalue weighted by atomic mass is 10.1. The SMILES string of the molecule is CN(C)C(=O)COc1cc(-c2cn[nH]c2)ccc1NC(=O)O. The predicted octanol–water partition coefficient (Wildman–Crippen LogP) is 1.63. The van der Waals surface area contributed by atoms with E-state index in [0.29, 0.717) is 0 Å². The van der Waals surface area contributed by atoms with Crippen LogP contribution in [0, 0.1) is 0 Å². The summed E-state index contributed by atoms with van der Waals surface area (Å²) in [5.74, 6) is 0.0475. The Morgan fingerprint density at radius 1 is 1.36 bits per heavy atom. The molecule has 22 heavy (non-hydrogen) atoms. The Morgan fingerprint density at radius 3 is 2.73 bits per heavy atom. The minimum atomic E-state index is -1.21. The van der Waals surface area contributed by atoms with E-state index in [2.05, 4.69) is 15.5 Å². The fourth-order valence-corrected chi connectivity index (χ4v) is 1.72. The molecule has 2 aromatic rings. The Kier molecular flexibility index (Phi) is 4.62. The van der Waals surface area contributed by atoms with Crippen LogP contribution < -0.4 is 10.1 Å². The van der Waals surface area contributed by atoms with Crippen molar-refractivity contribution in [1.29, 1.82) is 0 Å². The molecule has 2 rings (SSSR count). The third kappa shape index (κ3) is 3.75. The van der Waals surface area contributed by atoms with E-state index in [1.165, 1.54) is 4.90 Å². The molecule has 3 N–H and O–H groups in total. The van der Waals surface area contributed by atoms with Gasteiger partial charge in [-0.2, -0.15) is 5.10 Å². The number of anilines is 1. The monoisotopic (exact) mass is 304 g/mol. The van der Waals surface area contributed by atoms with Crippen LogP contribution in [0.2, 0.25) is 0 Å². The average molecular weight is 304 g/mol. The predicted molar refractivity (Wildman–Crippen MR) is 79.9 cm³/mol. The Labute approximate surface area is 126 Å². The molecule has 8 nitrogen and oxygen atoms in total. The van der Waals surface area contributed by atoms with Gasteiger partial charge >= 0.3 is 6.09 Å². The molecule has 8 heteroatoms. The summed E-state index contributed by atoms with van der Waals surface area (Å²) in [4.78, 5) is 23.8. The number of nitrogens with one attached hydrogen (secondary N) is 2. The summed E-state index contributed by atoms with van der Waals surface area (Å²) >= 11 is 0. The maximum absolute atomic E-state index is 11.6. The molecule has 0 saturated heterocycles. The first-order valence-electron chi connectivity index (χ1n) is 6.43. The molecule has 1 heterocycles. The van der Waals surface area contributed by atoms with Gasteiger partial charge in [0.25, 0.3) is 5.91 Å². The summed E-state index contributed by atoms with van der Waals surface area (Å²) in [6.07, 6.45) is 2.13. The summed E-state index contributed by atoms with van der Waals surface area (Å²) in [5, 5.41) is 17.7. The van der Waals surface area contributed by atoms with E-state index in [9.17, 15) is 9.59 Å². The number of aromatic amines is 1. The van der Waals surface area contributed by atoms with E-state index in [4.69, 9.17) is 9.84 Å². The quantitative estimate of drug-likeness (QED) is 0.778. The van der Waals surface area contributed by atoms with E-state index in [1.54, 1.807) is 44.7 Å². The maximum Gasteiger partial charge on any atom is 0.409 e. The molecule has 116 valence electrons. The Hall–Kier alpha value is -3.03. The van der Waals surface area contributed by atoms with Crippen LogP contribution in [0.25, 0.3) is 11.1 Å². The number of hydrogen-bond acceptors (Lipinski definition) is 4. The van der Waals surface area contributed by atoms with Crippen molar-refractivity contribution < 1.29 is 19.4 Å². The zero-order chi connectivity index (χ0) is 16.1. The van der Waals surface area contributed by atoms with E-state index < -0.39 is 6.09 Å². The van der Waals surface area contributed by atoms with Gasteiger partial charge in [-0.3, -0.25) is 15.2 Å². The summed E-state index contributed by atoms with van der Waals surface area (Å²) in [5.41, 5.74) is 1.88. The molecule has 0 radical (unpaired) electrons. The second-order valence-electron chi connectivity index (χ2n) is 4.70. The second-order valence-corrected chi connectivity index (χ2v) is 4.70. The van der Waals surface area contributed by atoms with Crippen molar-refractivity contribution in [3.63, 3.8) is 0 Å². The largest absolute Gasteiger partial charge is 0.482 e. The van der Waals surface area contributed by atoms with E-state index in [0.717, 1.165) is 11.1 Å². The highest BCUT2D eigenvalue weighted by molar-refractivity contribution is 5.86. The zero-order valence-electron chi connectivity index (χ0n) is 12.2. The highest BCUT2D eigenvalue weighted by Crippen LogP contribution is 2.30. The molecule has 0 saturated carbocycles. The third-order valence-electron chi connectivity index (χ3n) is 2.90. The van der Waals surface area contributed by atoms with Crippen LogP contribution in [0.1, 0.15) is 0 Å². The zero-order valence-corrected chi connectivity index (χ0v) is 12.2. The van der Waals surface area contributed by atoms with Crippen LogP contribution in [-0.4, -0.2) is 52.9 Å². The van der Waals surface area contributed by atoms with Crippen molar-refractivity contribution in [3.05, 3.63) is 30.6 Å². The Morgan fingerprint density at radius 2 is 2.14 bits per heavy atom. The summed E-state index contributed by atoms with van der Waals surface area (Å²) in [7, 11) is 3.23. The second kappa shape index (κ2) is 6.61. The van der Waals surface area contributed by atoms with Gasteiger partial charge in [-0.05, 0) is 17.7 Å². The van der Waals surface area contributed by atoms with Crippen LogP contribution in [0.15, 0.2) is 30.6 Å². The van der Waals surface area contributed by atoms with Crippen molar-refractivity contribution in [2.24, 2.45) is 0 Å². The fraction of sp³-hybridized carbons (Fsp3) is 0.214. The molecule has 0 bridgehead atoms. The number of carboxylic acid groups (broad SMARTS) is 1. The highest BCUT2D eigenvalue weighted by Gasteiger charge is 2.12. The smallest absolute Gasteiger partial charge is 0.409 e. The Balaban J connectivity index is 2.27. The number of likely N-dealkylation sites (N-methyl/N-ethyl adjacent to an activating group) is 1. The van der Waals surface area contributed by atoms with Crippen LogP contribution in [0.4, 0.5) is 10.5 Å². The standard InChI is InChI=1S/C14H16N4O4/c1-18(2)13(19)8-22-12-5-9(10-6-15-16-7-10)3-4-11(12)17-14(20)21/h3-7,17H,8H2,1-2H3,(H,15,16)(H,20,21). The van der Waals surface area contributed by atoms with Gasteiger partial charge in [-0.25, -0.2) is 4.79 Å². The lowest BCUT2D eigenvalue weighted by Crippen LogP contribution is -2.27. The molecule has 1 aromatic carbocycles. The summed E-state index contributed by atoms with van der Waals surface area (Å²) in [6, 6.07) is 4.96. The first kappa shape index (κ1) is 15.4. The molecule has 0 aliphatic heterocycles. The maximum atomic E-state index is 11.6. The number of carbonyl (C=O) groups excluding carboxylic acids is 1. The first-order valence-corrected chi connectivity index (χ1v) is 6.43. The number of carbonyl (C=O) groups is 2. The van der Waals surface area contributed by atoms with Gasteiger partial charge in [-0.15, -0.1) is 0 Å². The topological polar surface area (TPSA) is 108 Å². The molecule has 1 aromatic heterocycles. The van der Waals surface area contributed by atoms with Gasteiger partial charge in [-0.1, -0.05) is 6.07 Å². The van der Waals surface area contributed by atoms with Gasteiger partial charge < -0.3 is 14.7 Å². The minimum absolute atomic E-state index is 0.184. The molecular weight excluding hydrogens is 288 g/mol. The molecule has 0 fully saturated rings. The molecule has 2 amide bonds. The van der Waals surface area contributed by atoms with E-state index in [-0.39, 0.29) is 24.0 Å². The molecule has 0 unspecified atom stereocenters. The van der Waals surface area contributed by atoms with Crippen molar-refractivity contribution in [2.75, 3.05) is 26.0 Å². The number of rotatable bonds is 5. The number of hydrogen-bond donors (Lipinski definition) is 3. The molecule has 0 atom stereocenters. The summed E-state index contributed by atoms with van der Waals surface area (Å²) in [6.45, 7) is -0.184. The number of benzene rings is 1. The Bertz CT molecular complexity index is 667. The number of nitrogens with zero attached hydrogens (tertiary/aromatic N) is 2. The van der Waals surface area contributed by atoms with Gasteiger partial charge in [0.15, 0.2) is 6.61 Å². The highest BCUT2D eigenvalue weighted by atomic mass is 16.5. The van der Waals surface area contributed by atoms with Crippen molar-refractivity contribution in [2.45, 2.75) is 0 Å². The van der Waals surface area contributed by atoms with Crippen molar-refractivity contribution in [1.82, 2.24) is 15.1 Å². The first-order chi connectivity index (χ1) is 10.5. The lowest BCUT2D eigenvalue weighted by Gasteiger charge is -2.14. The number of ether oxygens (including phenoxy) is 1. The third-order valence-corrected chi connectivity index (χ3v) is 2.90. The van der Waals surface area contributed by atoms with Crippen LogP contribution >= 0.6 is 0 Å². The van der Waals surface area contributed by atoms with Gasteiger partial charge in [0.05, 0.1) is 11.9 Å². The van der Waals surface area contributed by atoms with Crippen molar-refractivity contribution in [3.8, 4) is 16.9 Å². The molecular formula is C14H16N4O4. The lowest BCUT2D eigenvalue weighted by molar-refractivity contribution is -0.130. The fourth-order valence-electron chi connectivity index (χ4n) is 1.72. The average Bonchev–Trinajstić information content (AvgIpc) is 2.99. The van der Waals surface area contributed by atoms with E-state index in [1.807, 2.05) is 0 Å². The molecule has 0 aliphatic rings. The summed E-state index contributed by atoms with van der Waals surface area (Å²) < 4.78 is 5.45. The molecule has 0 spiro atoms.